The molecule has 0 amide bonds. The van der Waals surface area contributed by atoms with E-state index in [1.165, 1.54) is 18.2 Å². The number of nitrogens with zero attached hydrogens (tertiary/aromatic N) is 3. The van der Waals surface area contributed by atoms with E-state index in [1.54, 1.807) is 0 Å². The molecule has 0 aliphatic carbocycles. The van der Waals surface area contributed by atoms with Gasteiger partial charge in [-0.25, -0.2) is 14.4 Å². The average Bonchev–Trinajstić information content (AvgIpc) is 3.14. The van der Waals surface area contributed by atoms with Crippen LogP contribution in [0.4, 0.5) is 5.69 Å². The Morgan fingerprint density at radius 2 is 2.00 bits per heavy atom. The van der Waals surface area contributed by atoms with Gasteiger partial charge in [-0.3, -0.25) is 0 Å². The number of hydrogen-bond acceptors (Lipinski definition) is 9. The number of carbonyl (C=O) groups is 3. The number of aromatic nitrogens is 4. The molecule has 2 rings (SSSR count). The molecular weight excluding hydrogens is 334 g/mol. The molecule has 0 bridgehead atoms. The zero-order valence-electron chi connectivity index (χ0n) is 13.1. The quantitative estimate of drug-likeness (QED) is 0.487. The van der Waals surface area contributed by atoms with Crippen molar-refractivity contribution < 1.29 is 29.0 Å². The molecule has 11 heteroatoms. The molecule has 0 radical (unpaired) electrons. The first-order chi connectivity index (χ1) is 12.0. The first-order valence-corrected chi connectivity index (χ1v) is 6.72. The van der Waals surface area contributed by atoms with E-state index in [0.717, 1.165) is 20.3 Å². The number of benzene rings is 1. The van der Waals surface area contributed by atoms with Crippen LogP contribution in [-0.4, -0.2) is 57.9 Å². The lowest BCUT2D eigenvalue weighted by molar-refractivity contribution is -0.138. The molecule has 0 saturated heterocycles. The molecule has 0 spiro atoms. The summed E-state index contributed by atoms with van der Waals surface area (Å²) in [6.45, 7) is 0. The monoisotopic (exact) mass is 347 g/mol. The predicted octanol–water partition coefficient (Wildman–Crippen LogP) is 0.207. The van der Waals surface area contributed by atoms with Gasteiger partial charge in [-0.05, 0) is 17.3 Å². The molecule has 1 heterocycles. The Labute approximate surface area is 140 Å². The van der Waals surface area contributed by atoms with E-state index in [9.17, 15) is 19.5 Å². The molecule has 2 aromatic rings. The summed E-state index contributed by atoms with van der Waals surface area (Å²) in [7, 11) is 2.25. The number of aromatic carboxylic acids is 1. The topological polar surface area (TPSA) is 156 Å². The van der Waals surface area contributed by atoms with Crippen molar-refractivity contribution in [3.8, 4) is 11.4 Å². The molecule has 0 atom stereocenters. The Morgan fingerprint density at radius 1 is 1.24 bits per heavy atom. The molecule has 0 aliphatic rings. The van der Waals surface area contributed by atoms with Gasteiger partial charge in [0.25, 0.3) is 0 Å². The number of hydrogen-bond donors (Lipinski definition) is 3. The fourth-order valence-corrected chi connectivity index (χ4v) is 1.84. The van der Waals surface area contributed by atoms with Crippen LogP contribution >= 0.6 is 0 Å². The van der Waals surface area contributed by atoms with Gasteiger partial charge in [-0.2, -0.15) is 5.21 Å². The minimum atomic E-state index is -1.25. The molecule has 0 unspecified atom stereocenters. The number of H-pyrrole nitrogens is 1. The molecule has 1 aromatic heterocycles. The van der Waals surface area contributed by atoms with Crippen LogP contribution in [0.2, 0.25) is 0 Å². The van der Waals surface area contributed by atoms with Crippen LogP contribution in [0.25, 0.3) is 11.4 Å². The summed E-state index contributed by atoms with van der Waals surface area (Å²) in [6.07, 6.45) is 0.846. The maximum absolute atomic E-state index is 11.8. The third-order valence-electron chi connectivity index (χ3n) is 2.99. The zero-order chi connectivity index (χ0) is 18.4. The lowest BCUT2D eigenvalue weighted by Crippen LogP contribution is -2.17. The Bertz CT molecular complexity index is 830. The van der Waals surface area contributed by atoms with E-state index in [4.69, 9.17) is 0 Å². The van der Waals surface area contributed by atoms with Crippen LogP contribution < -0.4 is 5.32 Å². The van der Waals surface area contributed by atoms with Gasteiger partial charge in [-0.15, -0.1) is 10.2 Å². The maximum atomic E-state index is 11.8. The first kappa shape index (κ1) is 17.6. The van der Waals surface area contributed by atoms with E-state index in [0.29, 0.717) is 5.56 Å². The highest BCUT2D eigenvalue weighted by molar-refractivity contribution is 6.01. The average molecular weight is 347 g/mol. The van der Waals surface area contributed by atoms with Crippen molar-refractivity contribution in [3.63, 3.8) is 0 Å². The lowest BCUT2D eigenvalue weighted by atomic mass is 10.1. The van der Waals surface area contributed by atoms with Gasteiger partial charge >= 0.3 is 17.9 Å². The highest BCUT2D eigenvalue weighted by Gasteiger charge is 2.18. The van der Waals surface area contributed by atoms with Crippen LogP contribution in [0, 0.1) is 0 Å². The van der Waals surface area contributed by atoms with E-state index >= 15 is 0 Å². The minimum absolute atomic E-state index is 0.0235. The maximum Gasteiger partial charge on any atom is 0.354 e. The van der Waals surface area contributed by atoms with Gasteiger partial charge in [0.2, 0.25) is 5.82 Å². The standard InChI is InChI=1S/C14H13N5O6/c1-24-11(20)6-10(14(23)25-2)15-9-5-7(12-16-18-19-17-12)3-4-8(9)13(21)22/h3-6,15H,1-2H3,(H,21,22)(H,16,17,18,19)/b10-6+. The number of carbonyl (C=O) groups excluding carboxylic acids is 2. The Balaban J connectivity index is 2.48. The molecule has 25 heavy (non-hydrogen) atoms. The fraction of sp³-hybridized carbons (Fsp3) is 0.143. The number of aromatic amines is 1. The van der Waals surface area contributed by atoms with Crippen molar-refractivity contribution in [2.75, 3.05) is 19.5 Å². The summed E-state index contributed by atoms with van der Waals surface area (Å²) in [5.41, 5.74) is 0.00733. The van der Waals surface area contributed by atoms with Gasteiger partial charge in [0.15, 0.2) is 0 Å². The van der Waals surface area contributed by atoms with Crippen molar-refractivity contribution >= 4 is 23.6 Å². The zero-order valence-corrected chi connectivity index (χ0v) is 13.1. The van der Waals surface area contributed by atoms with Gasteiger partial charge in [0.05, 0.1) is 31.5 Å². The fourth-order valence-electron chi connectivity index (χ4n) is 1.84. The van der Waals surface area contributed by atoms with Crippen LogP contribution in [0.15, 0.2) is 30.0 Å². The van der Waals surface area contributed by atoms with Crippen molar-refractivity contribution in [1.29, 1.82) is 0 Å². The van der Waals surface area contributed by atoms with Gasteiger partial charge in [-0.1, -0.05) is 6.07 Å². The largest absolute Gasteiger partial charge is 0.478 e. The van der Waals surface area contributed by atoms with Crippen molar-refractivity contribution in [1.82, 2.24) is 20.6 Å². The second kappa shape index (κ2) is 7.68. The molecule has 11 nitrogen and oxygen atoms in total. The number of nitrogens with one attached hydrogen (secondary N) is 2. The van der Waals surface area contributed by atoms with E-state index in [-0.39, 0.29) is 22.8 Å². The number of rotatable bonds is 6. The third kappa shape index (κ3) is 4.16. The van der Waals surface area contributed by atoms with E-state index < -0.39 is 17.9 Å². The van der Waals surface area contributed by atoms with Crippen LogP contribution in [0.1, 0.15) is 10.4 Å². The van der Waals surface area contributed by atoms with E-state index in [1.807, 2.05) is 0 Å². The number of carboxylic acids is 1. The van der Waals surface area contributed by atoms with Gasteiger partial charge in [0.1, 0.15) is 5.70 Å². The van der Waals surface area contributed by atoms with Crippen molar-refractivity contribution in [2.24, 2.45) is 0 Å². The summed E-state index contributed by atoms with van der Waals surface area (Å²) in [4.78, 5) is 34.6. The summed E-state index contributed by atoms with van der Waals surface area (Å²) < 4.78 is 9.03. The minimum Gasteiger partial charge on any atom is -0.478 e. The molecule has 130 valence electrons. The Hall–Kier alpha value is -3.76. The van der Waals surface area contributed by atoms with Crippen molar-refractivity contribution in [3.05, 3.63) is 35.5 Å². The number of ether oxygens (including phenoxy) is 2. The second-order valence-electron chi connectivity index (χ2n) is 4.50. The van der Waals surface area contributed by atoms with Gasteiger partial charge in [0, 0.05) is 5.56 Å². The predicted molar refractivity (Wildman–Crippen MR) is 82.3 cm³/mol. The second-order valence-corrected chi connectivity index (χ2v) is 4.50. The van der Waals surface area contributed by atoms with E-state index in [2.05, 4.69) is 35.4 Å². The molecule has 0 fully saturated rings. The summed E-state index contributed by atoms with van der Waals surface area (Å²) in [6, 6.07) is 4.16. The number of methoxy groups -OCH3 is 2. The number of esters is 2. The van der Waals surface area contributed by atoms with Crippen molar-refractivity contribution in [2.45, 2.75) is 0 Å². The Kier molecular flexibility index (Phi) is 5.40. The number of tetrazole rings is 1. The molecule has 3 N–H and O–H groups in total. The highest BCUT2D eigenvalue weighted by Crippen LogP contribution is 2.24. The summed E-state index contributed by atoms with van der Waals surface area (Å²) in [5.74, 6) is -2.73. The lowest BCUT2D eigenvalue weighted by Gasteiger charge is -2.12. The van der Waals surface area contributed by atoms with Gasteiger partial charge < -0.3 is 19.9 Å². The van der Waals surface area contributed by atoms with Crippen LogP contribution in [0.5, 0.6) is 0 Å². The number of anilines is 1. The third-order valence-corrected chi connectivity index (χ3v) is 2.99. The summed E-state index contributed by atoms with van der Waals surface area (Å²) in [5, 5.41) is 25.1. The SMILES string of the molecule is COC(=O)/C=C(/Nc1cc(-c2nn[nH]n2)ccc1C(=O)O)C(=O)OC. The Morgan fingerprint density at radius 3 is 2.56 bits per heavy atom. The smallest absolute Gasteiger partial charge is 0.354 e. The molecule has 0 aliphatic heterocycles. The normalized spacial score (nSPS) is 10.9. The summed E-state index contributed by atoms with van der Waals surface area (Å²) >= 11 is 0. The highest BCUT2D eigenvalue weighted by atomic mass is 16.5. The van der Waals surface area contributed by atoms with Crippen LogP contribution in [0.3, 0.4) is 0 Å². The molecule has 1 aromatic carbocycles. The molecular formula is C14H13N5O6. The first-order valence-electron chi connectivity index (χ1n) is 6.72. The molecule has 0 saturated carbocycles. The van der Waals surface area contributed by atoms with Crippen LogP contribution in [-0.2, 0) is 19.1 Å². The number of carboxylic acid groups (broad SMARTS) is 1.